The number of nitrogens with two attached hydrogens (primary N) is 2. The lowest BCUT2D eigenvalue weighted by Crippen LogP contribution is -2.32. The van der Waals surface area contributed by atoms with Gasteiger partial charge in [0, 0.05) is 19.2 Å². The summed E-state index contributed by atoms with van der Waals surface area (Å²) >= 11 is 5.75. The lowest BCUT2D eigenvalue weighted by atomic mass is 10.3. The normalized spacial score (nSPS) is 20.4. The van der Waals surface area contributed by atoms with E-state index >= 15 is 0 Å². The van der Waals surface area contributed by atoms with Gasteiger partial charge in [-0.15, -0.1) is 0 Å². The minimum Gasteiger partial charge on any atom is -0.395 e. The third kappa shape index (κ3) is 2.26. The van der Waals surface area contributed by atoms with Crippen LogP contribution in [0.3, 0.4) is 0 Å². The predicted molar refractivity (Wildman–Crippen MR) is 67.5 cm³/mol. The lowest BCUT2D eigenvalue weighted by molar-refractivity contribution is -0.117. The van der Waals surface area contributed by atoms with Crippen LogP contribution in [0.2, 0.25) is 5.15 Å². The summed E-state index contributed by atoms with van der Waals surface area (Å²) in [4.78, 5) is 16.8. The van der Waals surface area contributed by atoms with Gasteiger partial charge in [0.2, 0.25) is 15.9 Å². The quantitative estimate of drug-likeness (QED) is 0.725. The smallest absolute Gasteiger partial charge is 0.228 e. The van der Waals surface area contributed by atoms with Crippen LogP contribution in [-0.2, 0) is 14.8 Å². The molecule has 1 fully saturated rings. The molecule has 1 atom stereocenters. The standard InChI is InChI=1S/C9H11ClN4O3S/c10-9-8(11)6(1-2-13-9)14-4-5(3-7(14)15)18(12,16)17/h1-2,5H,3-4,11H2,(H2,12,16,17). The number of sulfonamides is 1. The van der Waals surface area contributed by atoms with Crippen molar-refractivity contribution in [2.45, 2.75) is 11.7 Å². The molecule has 2 rings (SSSR count). The van der Waals surface area contributed by atoms with Gasteiger partial charge in [-0.3, -0.25) is 4.79 Å². The third-order valence-corrected chi connectivity index (χ3v) is 4.31. The third-order valence-electron chi connectivity index (χ3n) is 2.76. The van der Waals surface area contributed by atoms with Crippen LogP contribution in [0.15, 0.2) is 12.3 Å². The number of aromatic nitrogens is 1. The maximum Gasteiger partial charge on any atom is 0.228 e. The second-order valence-corrected chi connectivity index (χ2v) is 6.16. The molecule has 1 aromatic heterocycles. The van der Waals surface area contributed by atoms with Crippen LogP contribution >= 0.6 is 11.6 Å². The SMILES string of the molecule is Nc1c(N2CC(S(N)(=O)=O)CC2=O)ccnc1Cl. The molecule has 1 unspecified atom stereocenters. The number of pyridine rings is 1. The number of carbonyl (C=O) groups excluding carboxylic acids is 1. The molecule has 1 amide bonds. The Balaban J connectivity index is 2.36. The van der Waals surface area contributed by atoms with Crippen molar-refractivity contribution in [3.05, 3.63) is 17.4 Å². The highest BCUT2D eigenvalue weighted by atomic mass is 35.5. The Hall–Kier alpha value is -1.38. The zero-order valence-electron chi connectivity index (χ0n) is 9.21. The van der Waals surface area contributed by atoms with Crippen molar-refractivity contribution in [2.75, 3.05) is 17.2 Å². The number of nitrogen functional groups attached to an aromatic ring is 1. The summed E-state index contributed by atoms with van der Waals surface area (Å²) < 4.78 is 22.5. The summed E-state index contributed by atoms with van der Waals surface area (Å²) in [5, 5.41) is 4.18. The summed E-state index contributed by atoms with van der Waals surface area (Å²) in [6.07, 6.45) is 1.24. The van der Waals surface area contributed by atoms with Crippen molar-refractivity contribution in [2.24, 2.45) is 5.14 Å². The van der Waals surface area contributed by atoms with E-state index in [1.807, 2.05) is 0 Å². The zero-order chi connectivity index (χ0) is 13.5. The van der Waals surface area contributed by atoms with E-state index in [9.17, 15) is 13.2 Å². The van der Waals surface area contributed by atoms with Crippen LogP contribution in [0.4, 0.5) is 11.4 Å². The molecule has 7 nitrogen and oxygen atoms in total. The molecule has 0 aliphatic carbocycles. The van der Waals surface area contributed by atoms with Gasteiger partial charge >= 0.3 is 0 Å². The fraction of sp³-hybridized carbons (Fsp3) is 0.333. The first-order valence-corrected chi connectivity index (χ1v) is 7.01. The molecule has 1 aliphatic rings. The Morgan fingerprint density at radius 3 is 2.72 bits per heavy atom. The van der Waals surface area contributed by atoms with Crippen LogP contribution in [0, 0.1) is 0 Å². The predicted octanol–water partition coefficient (Wildman–Crippen LogP) is -0.289. The molecule has 98 valence electrons. The number of nitrogens with zero attached hydrogens (tertiary/aromatic N) is 2. The summed E-state index contributed by atoms with van der Waals surface area (Å²) in [7, 11) is -3.75. The molecule has 1 aromatic rings. The molecular formula is C9H11ClN4O3S. The fourth-order valence-electron chi connectivity index (χ4n) is 1.80. The molecule has 0 aromatic carbocycles. The van der Waals surface area contributed by atoms with E-state index in [0.29, 0.717) is 5.69 Å². The van der Waals surface area contributed by atoms with E-state index in [-0.39, 0.29) is 29.7 Å². The van der Waals surface area contributed by atoms with Crippen molar-refractivity contribution in [1.29, 1.82) is 0 Å². The molecule has 4 N–H and O–H groups in total. The van der Waals surface area contributed by atoms with Gasteiger partial charge in [-0.25, -0.2) is 18.5 Å². The molecule has 1 saturated heterocycles. The monoisotopic (exact) mass is 290 g/mol. The fourth-order valence-corrected chi connectivity index (χ4v) is 2.69. The number of carbonyl (C=O) groups is 1. The van der Waals surface area contributed by atoms with Crippen LogP contribution in [0.25, 0.3) is 0 Å². The maximum absolute atomic E-state index is 11.8. The number of anilines is 2. The number of hydrogen-bond donors (Lipinski definition) is 2. The molecule has 9 heteroatoms. The van der Waals surface area contributed by atoms with Crippen molar-refractivity contribution in [3.63, 3.8) is 0 Å². The second-order valence-electron chi connectivity index (χ2n) is 3.95. The molecule has 2 heterocycles. The molecule has 0 bridgehead atoms. The number of primary sulfonamides is 1. The Labute approximate surface area is 109 Å². The highest BCUT2D eigenvalue weighted by molar-refractivity contribution is 7.89. The van der Waals surface area contributed by atoms with Crippen LogP contribution < -0.4 is 15.8 Å². The van der Waals surface area contributed by atoms with Crippen LogP contribution in [-0.4, -0.2) is 31.1 Å². The average Bonchev–Trinajstić information content (AvgIpc) is 2.64. The molecular weight excluding hydrogens is 280 g/mol. The Morgan fingerprint density at radius 2 is 2.17 bits per heavy atom. The van der Waals surface area contributed by atoms with Crippen molar-refractivity contribution >= 4 is 38.9 Å². The molecule has 0 spiro atoms. The number of amides is 1. The summed E-state index contributed by atoms with van der Waals surface area (Å²) in [5.74, 6) is -0.358. The van der Waals surface area contributed by atoms with Gasteiger partial charge in [-0.1, -0.05) is 11.6 Å². The summed E-state index contributed by atoms with van der Waals surface area (Å²) in [6, 6.07) is 1.50. The van der Waals surface area contributed by atoms with Gasteiger partial charge in [-0.05, 0) is 6.07 Å². The zero-order valence-corrected chi connectivity index (χ0v) is 10.8. The number of hydrogen-bond acceptors (Lipinski definition) is 5. The maximum atomic E-state index is 11.8. The van der Waals surface area contributed by atoms with E-state index < -0.39 is 15.3 Å². The lowest BCUT2D eigenvalue weighted by Gasteiger charge is -2.18. The van der Waals surface area contributed by atoms with Gasteiger partial charge < -0.3 is 10.6 Å². The van der Waals surface area contributed by atoms with E-state index in [2.05, 4.69) is 4.98 Å². The van der Waals surface area contributed by atoms with Crippen molar-refractivity contribution in [3.8, 4) is 0 Å². The van der Waals surface area contributed by atoms with Gasteiger partial charge in [0.05, 0.1) is 11.4 Å². The average molecular weight is 291 g/mol. The minimum absolute atomic E-state index is 0.0256. The van der Waals surface area contributed by atoms with Crippen LogP contribution in [0.5, 0.6) is 0 Å². The molecule has 1 aliphatic heterocycles. The topological polar surface area (TPSA) is 119 Å². The van der Waals surface area contributed by atoms with E-state index in [0.717, 1.165) is 0 Å². The van der Waals surface area contributed by atoms with Crippen molar-refractivity contribution < 1.29 is 13.2 Å². The number of rotatable bonds is 2. The second kappa shape index (κ2) is 4.38. The largest absolute Gasteiger partial charge is 0.395 e. The Bertz CT molecular complexity index is 604. The van der Waals surface area contributed by atoms with E-state index in [4.69, 9.17) is 22.5 Å². The first-order chi connectivity index (χ1) is 8.30. The highest BCUT2D eigenvalue weighted by Crippen LogP contribution is 2.32. The summed E-state index contributed by atoms with van der Waals surface area (Å²) in [5.41, 5.74) is 6.20. The van der Waals surface area contributed by atoms with Gasteiger partial charge in [0.1, 0.15) is 5.25 Å². The molecule has 0 radical (unpaired) electrons. The van der Waals surface area contributed by atoms with Gasteiger partial charge in [0.25, 0.3) is 0 Å². The van der Waals surface area contributed by atoms with E-state index in [1.165, 1.54) is 17.2 Å². The minimum atomic E-state index is -3.75. The number of halogens is 1. The highest BCUT2D eigenvalue weighted by Gasteiger charge is 2.38. The molecule has 0 saturated carbocycles. The first-order valence-electron chi connectivity index (χ1n) is 5.02. The first kappa shape index (κ1) is 13.1. The molecule has 18 heavy (non-hydrogen) atoms. The van der Waals surface area contributed by atoms with E-state index in [1.54, 1.807) is 0 Å². The Kier molecular flexibility index (Phi) is 3.18. The van der Waals surface area contributed by atoms with Gasteiger partial charge in [0.15, 0.2) is 5.15 Å². The van der Waals surface area contributed by atoms with Gasteiger partial charge in [-0.2, -0.15) is 0 Å². The van der Waals surface area contributed by atoms with Crippen molar-refractivity contribution in [1.82, 2.24) is 4.98 Å². The summed E-state index contributed by atoms with van der Waals surface area (Å²) in [6.45, 7) is -0.0256. The van der Waals surface area contributed by atoms with Crippen LogP contribution in [0.1, 0.15) is 6.42 Å². The Morgan fingerprint density at radius 1 is 1.50 bits per heavy atom.